The molecule has 5 heteroatoms. The largest absolute Gasteiger partial charge is 0.443 e. The van der Waals surface area contributed by atoms with E-state index in [1.54, 1.807) is 6.20 Å². The predicted molar refractivity (Wildman–Crippen MR) is 123 cm³/mol. The summed E-state index contributed by atoms with van der Waals surface area (Å²) in [6.07, 6.45) is 6.33. The molecule has 1 aromatic heterocycles. The van der Waals surface area contributed by atoms with Crippen LogP contribution in [0.5, 0.6) is 5.75 Å². The van der Waals surface area contributed by atoms with Gasteiger partial charge < -0.3 is 14.6 Å². The standard InChI is InChI=1S/C25H20N4O/c1-3-8-20(9-4-1)27-25-26-16-7-12-24(28-25)30-22-13-14-23-19(18-22)15-17-29(23)21-10-5-2-6-11-21/h1-11,13-18H,12H2,(H,26,27). The lowest BCUT2D eigenvalue weighted by Crippen LogP contribution is -2.15. The van der Waals surface area contributed by atoms with Crippen LogP contribution in [0.15, 0.2) is 113 Å². The monoisotopic (exact) mass is 392 g/mol. The Labute approximate surface area is 174 Å². The highest BCUT2D eigenvalue weighted by Gasteiger charge is 2.10. The summed E-state index contributed by atoms with van der Waals surface area (Å²) < 4.78 is 8.26. The molecule has 1 N–H and O–H groups in total. The highest BCUT2D eigenvalue weighted by Crippen LogP contribution is 2.25. The Bertz CT molecular complexity index is 1250. The zero-order valence-corrected chi connectivity index (χ0v) is 16.3. The van der Waals surface area contributed by atoms with E-state index in [1.165, 1.54) is 0 Å². The van der Waals surface area contributed by atoms with Gasteiger partial charge in [-0.2, -0.15) is 4.99 Å². The molecule has 0 radical (unpaired) electrons. The number of anilines is 1. The van der Waals surface area contributed by atoms with E-state index in [0.717, 1.165) is 28.0 Å². The molecule has 1 aliphatic heterocycles. The fourth-order valence-corrected chi connectivity index (χ4v) is 3.38. The molecule has 146 valence electrons. The minimum Gasteiger partial charge on any atom is -0.443 e. The first-order chi connectivity index (χ1) is 14.8. The Hall–Kier alpha value is -4.12. The molecule has 0 saturated carbocycles. The van der Waals surface area contributed by atoms with Crippen molar-refractivity contribution in [2.24, 2.45) is 9.98 Å². The van der Waals surface area contributed by atoms with Gasteiger partial charge >= 0.3 is 0 Å². The molecule has 5 rings (SSSR count). The number of rotatable bonds is 3. The Morgan fingerprint density at radius 2 is 1.67 bits per heavy atom. The number of fused-ring (bicyclic) bond motifs is 1. The van der Waals surface area contributed by atoms with Gasteiger partial charge in [-0.15, -0.1) is 0 Å². The summed E-state index contributed by atoms with van der Waals surface area (Å²) in [7, 11) is 0. The number of hydrogen-bond donors (Lipinski definition) is 1. The van der Waals surface area contributed by atoms with Crippen molar-refractivity contribution in [1.82, 2.24) is 4.57 Å². The van der Waals surface area contributed by atoms with Crippen LogP contribution in [0, 0.1) is 0 Å². The molecule has 0 aliphatic carbocycles. The molecule has 1 aliphatic rings. The molecule has 4 aromatic rings. The first-order valence-electron chi connectivity index (χ1n) is 9.82. The molecule has 0 unspecified atom stereocenters. The van der Waals surface area contributed by atoms with Gasteiger partial charge in [-0.1, -0.05) is 42.5 Å². The Kier molecular flexibility index (Phi) is 4.84. The summed E-state index contributed by atoms with van der Waals surface area (Å²) >= 11 is 0. The molecule has 2 heterocycles. The Balaban J connectivity index is 1.38. The summed E-state index contributed by atoms with van der Waals surface area (Å²) in [6, 6.07) is 28.3. The molecule has 30 heavy (non-hydrogen) atoms. The van der Waals surface area contributed by atoms with Gasteiger partial charge in [0.05, 0.1) is 5.52 Å². The summed E-state index contributed by atoms with van der Waals surface area (Å²) in [5.74, 6) is 1.84. The zero-order chi connectivity index (χ0) is 20.2. The third kappa shape index (κ3) is 3.86. The number of para-hydroxylation sites is 2. The van der Waals surface area contributed by atoms with Crippen LogP contribution in [0.25, 0.3) is 16.6 Å². The van der Waals surface area contributed by atoms with E-state index >= 15 is 0 Å². The lowest BCUT2D eigenvalue weighted by molar-refractivity contribution is 0.542. The van der Waals surface area contributed by atoms with Crippen molar-refractivity contribution in [2.45, 2.75) is 6.42 Å². The van der Waals surface area contributed by atoms with Gasteiger partial charge in [0.1, 0.15) is 5.75 Å². The smallest absolute Gasteiger partial charge is 0.230 e. The maximum atomic E-state index is 6.09. The minimum atomic E-state index is 0.501. The third-order valence-corrected chi connectivity index (χ3v) is 4.79. The number of benzene rings is 3. The average Bonchev–Trinajstić information content (AvgIpc) is 3.08. The molecular formula is C25H20N4O. The fourth-order valence-electron chi connectivity index (χ4n) is 3.38. The highest BCUT2D eigenvalue weighted by atomic mass is 16.5. The van der Waals surface area contributed by atoms with Gasteiger partial charge in [-0.25, -0.2) is 4.99 Å². The maximum Gasteiger partial charge on any atom is 0.230 e. The second kappa shape index (κ2) is 8.09. The molecule has 0 fully saturated rings. The highest BCUT2D eigenvalue weighted by molar-refractivity contribution is 6.03. The molecule has 0 spiro atoms. The predicted octanol–water partition coefficient (Wildman–Crippen LogP) is 5.79. The number of nitrogens with zero attached hydrogens (tertiary/aromatic N) is 3. The van der Waals surface area contributed by atoms with E-state index in [-0.39, 0.29) is 0 Å². The molecular weight excluding hydrogens is 372 g/mol. The number of ether oxygens (including phenoxy) is 1. The average molecular weight is 392 g/mol. The first-order valence-corrected chi connectivity index (χ1v) is 9.82. The lowest BCUT2D eigenvalue weighted by Gasteiger charge is -2.10. The van der Waals surface area contributed by atoms with Crippen LogP contribution in [0.1, 0.15) is 6.42 Å². The van der Waals surface area contributed by atoms with Crippen LogP contribution < -0.4 is 10.1 Å². The van der Waals surface area contributed by atoms with Crippen molar-refractivity contribution in [3.8, 4) is 11.4 Å². The third-order valence-electron chi connectivity index (χ3n) is 4.79. The molecule has 0 saturated heterocycles. The van der Waals surface area contributed by atoms with Crippen LogP contribution in [0.2, 0.25) is 0 Å². The Morgan fingerprint density at radius 1 is 0.867 bits per heavy atom. The van der Waals surface area contributed by atoms with E-state index in [0.29, 0.717) is 18.3 Å². The quantitative estimate of drug-likeness (QED) is 0.479. The van der Waals surface area contributed by atoms with E-state index in [1.807, 2.05) is 66.7 Å². The maximum absolute atomic E-state index is 6.09. The normalized spacial score (nSPS) is 13.5. The van der Waals surface area contributed by atoms with E-state index in [9.17, 15) is 0 Å². The fraction of sp³-hybridized carbons (Fsp3) is 0.0400. The topological polar surface area (TPSA) is 50.9 Å². The van der Waals surface area contributed by atoms with Gasteiger partial charge in [0.15, 0.2) is 0 Å². The van der Waals surface area contributed by atoms with Gasteiger partial charge in [0.25, 0.3) is 0 Å². The summed E-state index contributed by atoms with van der Waals surface area (Å²) in [6.45, 7) is 0. The summed E-state index contributed by atoms with van der Waals surface area (Å²) in [5.41, 5.74) is 3.19. The van der Waals surface area contributed by atoms with Crippen molar-refractivity contribution in [1.29, 1.82) is 0 Å². The van der Waals surface area contributed by atoms with Gasteiger partial charge in [-0.05, 0) is 48.5 Å². The van der Waals surface area contributed by atoms with Crippen molar-refractivity contribution in [3.05, 3.63) is 103 Å². The minimum absolute atomic E-state index is 0.501. The Morgan fingerprint density at radius 3 is 2.50 bits per heavy atom. The van der Waals surface area contributed by atoms with E-state index < -0.39 is 0 Å². The molecule has 0 bridgehead atoms. The zero-order valence-electron chi connectivity index (χ0n) is 16.3. The van der Waals surface area contributed by atoms with Crippen LogP contribution in [-0.2, 0) is 0 Å². The number of guanidine groups is 1. The number of hydrogen-bond acceptors (Lipinski definition) is 4. The van der Waals surface area contributed by atoms with Crippen molar-refractivity contribution in [3.63, 3.8) is 0 Å². The molecule has 5 nitrogen and oxygen atoms in total. The van der Waals surface area contributed by atoms with Gasteiger partial charge in [0.2, 0.25) is 11.9 Å². The second-order valence-electron chi connectivity index (χ2n) is 6.88. The summed E-state index contributed by atoms with van der Waals surface area (Å²) in [4.78, 5) is 8.92. The van der Waals surface area contributed by atoms with E-state index in [4.69, 9.17) is 4.74 Å². The van der Waals surface area contributed by atoms with Crippen molar-refractivity contribution >= 4 is 28.4 Å². The molecule has 0 amide bonds. The molecule has 0 atom stereocenters. The number of aromatic nitrogens is 1. The van der Waals surface area contributed by atoms with Crippen LogP contribution in [0.4, 0.5) is 5.69 Å². The SMILES string of the molecule is C1=CN=C(Nc2ccccc2)N=C(Oc2ccc3c(ccn3-c3ccccc3)c2)C1. The van der Waals surface area contributed by atoms with Crippen LogP contribution >= 0.6 is 0 Å². The van der Waals surface area contributed by atoms with Crippen LogP contribution in [0.3, 0.4) is 0 Å². The lowest BCUT2D eigenvalue weighted by atomic mass is 10.2. The molecule has 3 aromatic carbocycles. The van der Waals surface area contributed by atoms with Gasteiger partial charge in [0, 0.05) is 35.6 Å². The number of nitrogens with one attached hydrogen (secondary N) is 1. The number of aliphatic imine (C=N–C) groups is 2. The van der Waals surface area contributed by atoms with E-state index in [2.05, 4.69) is 50.3 Å². The van der Waals surface area contributed by atoms with Gasteiger partial charge in [-0.3, -0.25) is 0 Å². The summed E-state index contributed by atoms with van der Waals surface area (Å²) in [5, 5.41) is 4.32. The second-order valence-corrected chi connectivity index (χ2v) is 6.88. The van der Waals surface area contributed by atoms with Crippen molar-refractivity contribution in [2.75, 3.05) is 5.32 Å². The first kappa shape index (κ1) is 17.9. The van der Waals surface area contributed by atoms with Crippen molar-refractivity contribution < 1.29 is 4.74 Å². The van der Waals surface area contributed by atoms with Crippen LogP contribution in [-0.4, -0.2) is 16.4 Å².